The van der Waals surface area contributed by atoms with Gasteiger partial charge in [0.25, 0.3) is 0 Å². The van der Waals surface area contributed by atoms with E-state index in [2.05, 4.69) is 16.7 Å². The van der Waals surface area contributed by atoms with Crippen molar-refractivity contribution in [1.29, 1.82) is 0 Å². The van der Waals surface area contributed by atoms with Gasteiger partial charge in [-0.1, -0.05) is 12.1 Å². The van der Waals surface area contributed by atoms with Gasteiger partial charge in [-0.25, -0.2) is 0 Å². The molecule has 0 spiro atoms. The first-order chi connectivity index (χ1) is 16.8. The minimum atomic E-state index is -0.908. The monoisotopic (exact) mass is 530 g/mol. The van der Waals surface area contributed by atoms with Crippen molar-refractivity contribution in [3.8, 4) is 5.75 Å². The fraction of sp³-hybridized carbons (Fsp3) is 0.520. The summed E-state index contributed by atoms with van der Waals surface area (Å²) in [6, 6.07) is 8.20. The smallest absolute Gasteiger partial charge is 0.303 e. The highest BCUT2D eigenvalue weighted by molar-refractivity contribution is 8.00. The molecule has 2 saturated carbocycles. The van der Waals surface area contributed by atoms with Crippen molar-refractivity contribution in [2.75, 3.05) is 13.7 Å². The van der Waals surface area contributed by atoms with Crippen LogP contribution in [0.3, 0.4) is 0 Å². The third-order valence-electron chi connectivity index (χ3n) is 8.40. The minimum absolute atomic E-state index is 0.0417. The van der Waals surface area contributed by atoms with Crippen LogP contribution in [0.4, 0.5) is 0 Å². The van der Waals surface area contributed by atoms with Gasteiger partial charge in [-0.15, -0.1) is 23.1 Å². The molecular weight excluding hydrogens is 504 g/mol. The molecule has 2 bridgehead atoms. The number of carbonyl (C=O) groups excluding carboxylic acids is 2. The van der Waals surface area contributed by atoms with Crippen LogP contribution in [0, 0.1) is 33.5 Å². The summed E-state index contributed by atoms with van der Waals surface area (Å²) in [4.78, 5) is 40.4. The summed E-state index contributed by atoms with van der Waals surface area (Å²) in [5.74, 6) is -0.232. The molecule has 7 nitrogen and oxygen atoms in total. The molecule has 4 aliphatic rings. The van der Waals surface area contributed by atoms with E-state index in [-0.39, 0.29) is 65.5 Å². The average molecular weight is 531 g/mol. The maximum absolute atomic E-state index is 13.5. The van der Waals surface area contributed by atoms with E-state index in [9.17, 15) is 14.4 Å². The first-order valence-corrected chi connectivity index (χ1v) is 14.0. The van der Waals surface area contributed by atoms with Gasteiger partial charge >= 0.3 is 5.97 Å². The van der Waals surface area contributed by atoms with Crippen LogP contribution in [-0.2, 0) is 21.4 Å². The zero-order valence-electron chi connectivity index (χ0n) is 19.4. The SMILES string of the molecule is COc1ccc([C@@H]2c3sc(=S)n(C)c3S[C@@H]3[C@H]4C[C@@H]([C@@H]5C(=O)N(CCCC(=O)O)C(=O)[C@@H]45)[C@H]23)cc1. The van der Waals surface area contributed by atoms with Crippen molar-refractivity contribution < 1.29 is 24.2 Å². The van der Waals surface area contributed by atoms with Gasteiger partial charge in [0.1, 0.15) is 5.75 Å². The summed E-state index contributed by atoms with van der Waals surface area (Å²) in [6.45, 7) is 0.197. The van der Waals surface area contributed by atoms with Gasteiger partial charge in [0.05, 0.1) is 24.0 Å². The van der Waals surface area contributed by atoms with Gasteiger partial charge in [0.15, 0.2) is 3.95 Å². The Labute approximate surface area is 216 Å². The predicted octanol–water partition coefficient (Wildman–Crippen LogP) is 4.16. The first kappa shape index (κ1) is 23.2. The normalized spacial score (nSPS) is 32.5. The molecule has 7 atom stereocenters. The number of imide groups is 1. The maximum Gasteiger partial charge on any atom is 0.303 e. The second-order valence-corrected chi connectivity index (χ2v) is 12.8. The van der Waals surface area contributed by atoms with Crippen molar-refractivity contribution >= 4 is 53.1 Å². The van der Waals surface area contributed by atoms with E-state index in [1.165, 1.54) is 20.4 Å². The van der Waals surface area contributed by atoms with Crippen LogP contribution in [0.1, 0.15) is 35.6 Å². The number of nitrogens with zero attached hydrogens (tertiary/aromatic N) is 2. The lowest BCUT2D eigenvalue weighted by Crippen LogP contribution is -2.43. The quantitative estimate of drug-likeness (QED) is 0.443. The number of ether oxygens (including phenoxy) is 1. The standard InChI is InChI=1S/C25H26N2O5S3/c1-26-24-21(35-25(26)33)16(11-5-7-12(32-2)8-6-11)17-13-10-14(20(17)34-24)19-18(13)22(30)27(23(19)31)9-3-4-15(28)29/h5-8,13-14,16-20H,3-4,9-10H2,1-2H3,(H,28,29)/t13-,14+,16+,17-,18+,19+,20-/m1/s1. The lowest BCUT2D eigenvalue weighted by molar-refractivity contribution is -0.142. The number of carboxylic acids is 1. The zero-order chi connectivity index (χ0) is 24.6. The predicted molar refractivity (Wildman–Crippen MR) is 134 cm³/mol. The van der Waals surface area contributed by atoms with Crippen LogP contribution in [0.2, 0.25) is 0 Å². The Hall–Kier alpha value is -2.17. The summed E-state index contributed by atoms with van der Waals surface area (Å²) < 4.78 is 8.31. The molecule has 2 aliphatic carbocycles. The van der Waals surface area contributed by atoms with E-state index in [1.807, 2.05) is 30.9 Å². The van der Waals surface area contributed by atoms with E-state index in [4.69, 9.17) is 22.1 Å². The Morgan fingerprint density at radius 3 is 2.51 bits per heavy atom. The molecule has 2 aliphatic heterocycles. The number of hydrogen-bond donors (Lipinski definition) is 1. The second-order valence-electron chi connectivity index (χ2n) is 9.95. The number of carbonyl (C=O) groups is 3. The molecule has 1 N–H and O–H groups in total. The number of aliphatic carboxylic acids is 1. The number of benzene rings is 1. The summed E-state index contributed by atoms with van der Waals surface area (Å²) in [5.41, 5.74) is 1.19. The Morgan fingerprint density at radius 1 is 1.17 bits per heavy atom. The van der Waals surface area contributed by atoms with E-state index < -0.39 is 5.97 Å². The fourth-order valence-corrected chi connectivity index (χ4v) is 10.6. The van der Waals surface area contributed by atoms with Gasteiger partial charge in [0, 0.05) is 36.1 Å². The van der Waals surface area contributed by atoms with Gasteiger partial charge in [-0.05, 0) is 60.5 Å². The molecule has 10 heteroatoms. The third kappa shape index (κ3) is 3.36. The van der Waals surface area contributed by atoms with E-state index in [1.54, 1.807) is 18.4 Å². The maximum atomic E-state index is 13.5. The molecule has 1 aromatic carbocycles. The lowest BCUT2D eigenvalue weighted by Gasteiger charge is -2.43. The lowest BCUT2D eigenvalue weighted by atomic mass is 9.68. The number of methoxy groups -OCH3 is 1. The highest BCUT2D eigenvalue weighted by Crippen LogP contribution is 2.69. The Morgan fingerprint density at radius 2 is 1.86 bits per heavy atom. The van der Waals surface area contributed by atoms with Crippen LogP contribution in [0.5, 0.6) is 5.75 Å². The molecule has 2 amide bonds. The fourth-order valence-electron chi connectivity index (χ4n) is 7.03. The zero-order valence-corrected chi connectivity index (χ0v) is 21.8. The molecule has 1 saturated heterocycles. The van der Waals surface area contributed by atoms with Gasteiger partial charge in [-0.3, -0.25) is 19.3 Å². The van der Waals surface area contributed by atoms with Gasteiger partial charge in [0.2, 0.25) is 11.8 Å². The Bertz CT molecular complexity index is 1290. The molecule has 3 heterocycles. The summed E-state index contributed by atoms with van der Waals surface area (Å²) in [7, 11) is 3.67. The summed E-state index contributed by atoms with van der Waals surface area (Å²) in [6.07, 6.45) is 1.15. The number of amides is 2. The molecule has 1 aromatic heterocycles. The topological polar surface area (TPSA) is 88.8 Å². The molecule has 0 unspecified atom stereocenters. The van der Waals surface area contributed by atoms with Crippen LogP contribution in [-0.4, -0.2) is 51.3 Å². The number of rotatable bonds is 6. The van der Waals surface area contributed by atoms with Crippen LogP contribution in [0.25, 0.3) is 0 Å². The van der Waals surface area contributed by atoms with E-state index in [0.29, 0.717) is 6.42 Å². The number of thiazole rings is 1. The molecule has 2 aromatic rings. The molecule has 0 radical (unpaired) electrons. The Balaban J connectivity index is 1.38. The highest BCUT2D eigenvalue weighted by atomic mass is 32.2. The number of likely N-dealkylation sites (tertiary alicyclic amines) is 1. The molecule has 35 heavy (non-hydrogen) atoms. The Kier molecular flexibility index (Phi) is 5.61. The second kappa shape index (κ2) is 8.45. The molecular formula is C25H26N2O5S3. The van der Waals surface area contributed by atoms with E-state index in [0.717, 1.165) is 16.1 Å². The van der Waals surface area contributed by atoms with Crippen molar-refractivity contribution in [2.45, 2.75) is 35.5 Å². The van der Waals surface area contributed by atoms with Crippen molar-refractivity contribution in [1.82, 2.24) is 9.47 Å². The highest BCUT2D eigenvalue weighted by Gasteiger charge is 2.69. The van der Waals surface area contributed by atoms with Crippen molar-refractivity contribution in [3.63, 3.8) is 0 Å². The minimum Gasteiger partial charge on any atom is -0.497 e. The van der Waals surface area contributed by atoms with Crippen LogP contribution in [0.15, 0.2) is 29.3 Å². The van der Waals surface area contributed by atoms with E-state index >= 15 is 0 Å². The molecule has 6 rings (SSSR count). The van der Waals surface area contributed by atoms with Gasteiger partial charge < -0.3 is 14.4 Å². The average Bonchev–Trinajstić information content (AvgIpc) is 3.55. The number of aromatic nitrogens is 1. The number of carboxylic acid groups (broad SMARTS) is 1. The van der Waals surface area contributed by atoms with Crippen LogP contribution < -0.4 is 4.74 Å². The first-order valence-electron chi connectivity index (χ1n) is 11.9. The van der Waals surface area contributed by atoms with Gasteiger partial charge in [-0.2, -0.15) is 0 Å². The van der Waals surface area contributed by atoms with Crippen molar-refractivity contribution in [3.05, 3.63) is 38.7 Å². The summed E-state index contributed by atoms with van der Waals surface area (Å²) >= 11 is 9.15. The molecule has 3 fully saturated rings. The van der Waals surface area contributed by atoms with Crippen LogP contribution >= 0.6 is 35.3 Å². The third-order valence-corrected chi connectivity index (χ3v) is 11.8. The molecule has 184 valence electrons. The largest absolute Gasteiger partial charge is 0.497 e. The summed E-state index contributed by atoms with van der Waals surface area (Å²) in [5, 5.41) is 10.4. The number of hydrogen-bond acceptors (Lipinski definition) is 7. The van der Waals surface area contributed by atoms with Crippen molar-refractivity contribution in [2.24, 2.45) is 36.6 Å². The number of fused-ring (bicyclic) bond motifs is 9. The number of thioether (sulfide) groups is 1.